The average Bonchev–Trinajstić information content (AvgIpc) is 2.51. The van der Waals surface area contributed by atoms with E-state index in [1.54, 1.807) is 0 Å². The smallest absolute Gasteiger partial charge is 0.248 e. The number of aliphatic hydroxyl groups excluding tert-OH is 1. The summed E-state index contributed by atoms with van der Waals surface area (Å²) in [5, 5.41) is 12.2. The molecule has 0 aliphatic carbocycles. The number of carbonyl (C=O) groups excluding carboxylic acids is 1. The summed E-state index contributed by atoms with van der Waals surface area (Å²) < 4.78 is 0. The van der Waals surface area contributed by atoms with Crippen molar-refractivity contribution >= 4 is 17.7 Å². The van der Waals surface area contributed by atoms with Gasteiger partial charge in [0.25, 0.3) is 0 Å². The van der Waals surface area contributed by atoms with E-state index in [2.05, 4.69) is 5.32 Å². The lowest BCUT2D eigenvalue weighted by atomic mass is 10.2. The van der Waals surface area contributed by atoms with E-state index < -0.39 is 6.10 Å². The first-order valence-electron chi connectivity index (χ1n) is 4.27. The van der Waals surface area contributed by atoms with E-state index in [0.717, 1.165) is 0 Å². The van der Waals surface area contributed by atoms with Gasteiger partial charge in [-0.2, -0.15) is 11.8 Å². The Morgan fingerprint density at radius 1 is 1.83 bits per heavy atom. The predicted molar refractivity (Wildman–Crippen MR) is 50.2 cm³/mol. The minimum atomic E-state index is -0.878. The Morgan fingerprint density at radius 3 is 3.08 bits per heavy atom. The molecule has 2 atom stereocenters. The number of amides is 1. The molecule has 0 saturated carbocycles. The summed E-state index contributed by atoms with van der Waals surface area (Å²) in [6.45, 7) is 2.19. The van der Waals surface area contributed by atoms with Crippen LogP contribution in [0.4, 0.5) is 0 Å². The van der Waals surface area contributed by atoms with Crippen LogP contribution in [0.25, 0.3) is 0 Å². The van der Waals surface area contributed by atoms with Crippen molar-refractivity contribution < 1.29 is 9.90 Å². The minimum absolute atomic E-state index is 0.262. The number of thioether (sulfide) groups is 1. The van der Waals surface area contributed by atoms with Crippen LogP contribution in [-0.2, 0) is 4.79 Å². The van der Waals surface area contributed by atoms with E-state index in [0.29, 0.717) is 11.8 Å². The van der Waals surface area contributed by atoms with Crippen LogP contribution in [0.3, 0.4) is 0 Å². The zero-order valence-corrected chi connectivity index (χ0v) is 8.06. The summed E-state index contributed by atoms with van der Waals surface area (Å²) in [7, 11) is 0. The number of nitrogens with one attached hydrogen (secondary N) is 1. The molecule has 4 heteroatoms. The topological polar surface area (TPSA) is 49.3 Å². The van der Waals surface area contributed by atoms with Crippen molar-refractivity contribution in [3.05, 3.63) is 0 Å². The van der Waals surface area contributed by atoms with E-state index in [-0.39, 0.29) is 5.91 Å². The number of rotatable bonds is 3. The molecule has 1 aliphatic rings. The molecule has 1 amide bonds. The van der Waals surface area contributed by atoms with Gasteiger partial charge in [0.15, 0.2) is 0 Å². The number of aliphatic hydroxyl groups is 1. The highest BCUT2D eigenvalue weighted by molar-refractivity contribution is 8.00. The fraction of sp³-hybridized carbons (Fsp3) is 0.875. The van der Waals surface area contributed by atoms with E-state index in [9.17, 15) is 4.79 Å². The first kappa shape index (κ1) is 9.86. The highest BCUT2D eigenvalue weighted by Crippen LogP contribution is 2.25. The van der Waals surface area contributed by atoms with E-state index in [1.807, 2.05) is 11.8 Å². The molecule has 2 N–H and O–H groups in total. The van der Waals surface area contributed by atoms with Gasteiger partial charge in [0.05, 0.1) is 0 Å². The molecule has 70 valence electrons. The van der Waals surface area contributed by atoms with Crippen molar-refractivity contribution in [3.63, 3.8) is 0 Å². The van der Waals surface area contributed by atoms with Gasteiger partial charge >= 0.3 is 0 Å². The molecule has 0 spiro atoms. The van der Waals surface area contributed by atoms with Crippen LogP contribution in [0.2, 0.25) is 0 Å². The monoisotopic (exact) mass is 189 g/mol. The fourth-order valence-electron chi connectivity index (χ4n) is 1.17. The van der Waals surface area contributed by atoms with Gasteiger partial charge in [-0.25, -0.2) is 0 Å². The summed E-state index contributed by atoms with van der Waals surface area (Å²) in [6.07, 6.45) is 1.56. The van der Waals surface area contributed by atoms with Gasteiger partial charge in [-0.05, 0) is 25.5 Å². The van der Waals surface area contributed by atoms with E-state index in [4.69, 9.17) is 5.11 Å². The van der Waals surface area contributed by atoms with Crippen molar-refractivity contribution in [3.8, 4) is 0 Å². The third kappa shape index (κ3) is 3.03. The lowest BCUT2D eigenvalue weighted by Gasteiger charge is -2.10. The van der Waals surface area contributed by atoms with Crippen molar-refractivity contribution in [1.29, 1.82) is 0 Å². The van der Waals surface area contributed by atoms with Gasteiger partial charge in [-0.1, -0.05) is 0 Å². The SMILES string of the molecule is C[C@@H](O)C(=O)NCC1CCCS1. The largest absolute Gasteiger partial charge is 0.384 e. The normalized spacial score (nSPS) is 25.3. The van der Waals surface area contributed by atoms with Gasteiger partial charge in [-0.15, -0.1) is 0 Å². The van der Waals surface area contributed by atoms with Crippen LogP contribution in [0, 0.1) is 0 Å². The maximum atomic E-state index is 10.9. The van der Waals surface area contributed by atoms with Crippen LogP contribution < -0.4 is 5.32 Å². The Hall–Kier alpha value is -0.220. The second-order valence-corrected chi connectivity index (χ2v) is 4.46. The fourth-order valence-corrected chi connectivity index (χ4v) is 2.37. The van der Waals surface area contributed by atoms with E-state index >= 15 is 0 Å². The lowest BCUT2D eigenvalue weighted by Crippen LogP contribution is -2.36. The molecule has 1 fully saturated rings. The maximum absolute atomic E-state index is 10.9. The number of carbonyl (C=O) groups is 1. The Bertz CT molecular complexity index is 155. The Morgan fingerprint density at radius 2 is 2.58 bits per heavy atom. The molecule has 1 heterocycles. The Balaban J connectivity index is 2.12. The summed E-state index contributed by atoms with van der Waals surface area (Å²) >= 11 is 1.90. The maximum Gasteiger partial charge on any atom is 0.248 e. The molecule has 1 aliphatic heterocycles. The van der Waals surface area contributed by atoms with Gasteiger partial charge in [0.2, 0.25) is 5.91 Å². The number of hydrogen-bond donors (Lipinski definition) is 2. The predicted octanol–water partition coefficient (Wildman–Crippen LogP) is 0.379. The quantitative estimate of drug-likeness (QED) is 0.675. The Labute approximate surface area is 76.9 Å². The zero-order chi connectivity index (χ0) is 8.97. The van der Waals surface area contributed by atoms with Gasteiger partial charge < -0.3 is 10.4 Å². The zero-order valence-electron chi connectivity index (χ0n) is 7.25. The molecule has 1 unspecified atom stereocenters. The lowest BCUT2D eigenvalue weighted by molar-refractivity contribution is -0.128. The van der Waals surface area contributed by atoms with Gasteiger partial charge in [0, 0.05) is 11.8 Å². The molecular weight excluding hydrogens is 174 g/mol. The van der Waals surface area contributed by atoms with Crippen LogP contribution in [-0.4, -0.2) is 34.7 Å². The molecule has 0 bridgehead atoms. The molecule has 0 aromatic heterocycles. The van der Waals surface area contributed by atoms with Crippen LogP contribution in [0.1, 0.15) is 19.8 Å². The molecule has 12 heavy (non-hydrogen) atoms. The highest BCUT2D eigenvalue weighted by Gasteiger charge is 2.17. The van der Waals surface area contributed by atoms with Crippen molar-refractivity contribution in [2.24, 2.45) is 0 Å². The first-order valence-corrected chi connectivity index (χ1v) is 5.32. The summed E-state index contributed by atoms with van der Waals surface area (Å²) in [5.74, 6) is 0.942. The number of hydrogen-bond acceptors (Lipinski definition) is 3. The standard InChI is InChI=1S/C8H15NO2S/c1-6(10)8(11)9-5-7-3-2-4-12-7/h6-7,10H,2-5H2,1H3,(H,9,11)/t6-,7?/m1/s1. The average molecular weight is 189 g/mol. The summed E-state index contributed by atoms with van der Waals surface area (Å²) in [4.78, 5) is 10.9. The highest BCUT2D eigenvalue weighted by atomic mass is 32.2. The van der Waals surface area contributed by atoms with Crippen LogP contribution in [0.5, 0.6) is 0 Å². The molecule has 0 aromatic carbocycles. The van der Waals surface area contributed by atoms with Crippen molar-refractivity contribution in [2.75, 3.05) is 12.3 Å². The molecule has 0 aromatic rings. The summed E-state index contributed by atoms with van der Waals surface area (Å²) in [5.41, 5.74) is 0. The second-order valence-electron chi connectivity index (χ2n) is 3.06. The molecule has 1 rings (SSSR count). The third-order valence-electron chi connectivity index (χ3n) is 1.91. The van der Waals surface area contributed by atoms with Gasteiger partial charge in [0.1, 0.15) is 6.10 Å². The van der Waals surface area contributed by atoms with Crippen molar-refractivity contribution in [2.45, 2.75) is 31.1 Å². The molecule has 1 saturated heterocycles. The Kier molecular flexibility index (Phi) is 3.88. The van der Waals surface area contributed by atoms with E-state index in [1.165, 1.54) is 25.5 Å². The van der Waals surface area contributed by atoms with Crippen LogP contribution >= 0.6 is 11.8 Å². The second kappa shape index (κ2) is 4.72. The van der Waals surface area contributed by atoms with Crippen LogP contribution in [0.15, 0.2) is 0 Å². The van der Waals surface area contributed by atoms with Gasteiger partial charge in [-0.3, -0.25) is 4.79 Å². The summed E-state index contributed by atoms with van der Waals surface area (Å²) in [6, 6.07) is 0. The first-order chi connectivity index (χ1) is 5.70. The van der Waals surface area contributed by atoms with Crippen molar-refractivity contribution in [1.82, 2.24) is 5.32 Å². The molecule has 0 radical (unpaired) electrons. The molecular formula is C8H15NO2S. The third-order valence-corrected chi connectivity index (χ3v) is 3.31. The molecule has 3 nitrogen and oxygen atoms in total. The minimum Gasteiger partial charge on any atom is -0.384 e.